The molecule has 3 heterocycles. The molecule has 31 heavy (non-hydrogen) atoms. The van der Waals surface area contributed by atoms with Gasteiger partial charge in [-0.15, -0.1) is 0 Å². The average molecular weight is 413 g/mol. The Morgan fingerprint density at radius 3 is 2.48 bits per heavy atom. The second-order valence-corrected chi connectivity index (χ2v) is 8.00. The third kappa shape index (κ3) is 2.90. The first-order valence-corrected chi connectivity index (χ1v) is 10.3. The molecule has 6 nitrogen and oxygen atoms in total. The molecule has 156 valence electrons. The first-order chi connectivity index (χ1) is 15.0. The Bertz CT molecular complexity index is 1160. The maximum Gasteiger partial charge on any atom is 0.257 e. The van der Waals surface area contributed by atoms with E-state index in [-0.39, 0.29) is 11.8 Å². The van der Waals surface area contributed by atoms with Crippen LogP contribution in [0.3, 0.4) is 0 Å². The van der Waals surface area contributed by atoms with Gasteiger partial charge in [-0.2, -0.15) is 0 Å². The Morgan fingerprint density at radius 2 is 1.77 bits per heavy atom. The lowest BCUT2D eigenvalue weighted by atomic mass is 9.86. The van der Waals surface area contributed by atoms with Crippen LogP contribution in [-0.4, -0.2) is 46.8 Å². The van der Waals surface area contributed by atoms with Crippen molar-refractivity contribution >= 4 is 11.8 Å². The number of benzene rings is 2. The van der Waals surface area contributed by atoms with Crippen LogP contribution in [0, 0.1) is 6.92 Å². The summed E-state index contributed by atoms with van der Waals surface area (Å²) in [6, 6.07) is 18.8. The van der Waals surface area contributed by atoms with E-state index >= 15 is 0 Å². The number of fused-ring (bicyclic) bond motifs is 2. The van der Waals surface area contributed by atoms with Gasteiger partial charge in [-0.3, -0.25) is 14.6 Å². The number of aryl methyl sites for hydroxylation is 1. The van der Waals surface area contributed by atoms with Crippen LogP contribution in [0.1, 0.15) is 37.5 Å². The Hall–Kier alpha value is -3.67. The molecule has 1 fully saturated rings. The van der Waals surface area contributed by atoms with E-state index in [2.05, 4.69) is 4.98 Å². The van der Waals surface area contributed by atoms with E-state index in [1.54, 1.807) is 19.4 Å². The number of carbonyl (C=O) groups excluding carboxylic acids is 2. The summed E-state index contributed by atoms with van der Waals surface area (Å²) in [5.74, 6) is 0.539. The maximum atomic E-state index is 13.7. The third-order valence-corrected chi connectivity index (χ3v) is 6.32. The molecule has 0 saturated carbocycles. The molecule has 1 aromatic heterocycles. The maximum absolute atomic E-state index is 13.7. The fourth-order valence-corrected chi connectivity index (χ4v) is 4.72. The molecule has 5 rings (SSSR count). The van der Waals surface area contributed by atoms with Crippen molar-refractivity contribution in [3.05, 3.63) is 94.8 Å². The summed E-state index contributed by atoms with van der Waals surface area (Å²) in [6.07, 6.45) is 2.14. The molecule has 1 saturated heterocycles. The number of aromatic nitrogens is 1. The van der Waals surface area contributed by atoms with Crippen molar-refractivity contribution < 1.29 is 14.3 Å². The highest BCUT2D eigenvalue weighted by Crippen LogP contribution is 2.45. The standard InChI is InChI=1S/C25H23N3O3/c1-17-5-7-18(8-6-17)23(29)27-14-15-28-24(30)21-4-3-13-26-22(21)16-25(27,28)19-9-11-20(31-2)12-10-19/h3-13H,14-16H2,1-2H3. The minimum absolute atomic E-state index is 0.0921. The van der Waals surface area contributed by atoms with Crippen LogP contribution in [0.15, 0.2) is 66.9 Å². The number of carbonyl (C=O) groups is 2. The average Bonchev–Trinajstić information content (AvgIpc) is 3.20. The highest BCUT2D eigenvalue weighted by Gasteiger charge is 2.56. The molecule has 2 aromatic carbocycles. The zero-order valence-electron chi connectivity index (χ0n) is 17.5. The molecule has 0 N–H and O–H groups in total. The van der Waals surface area contributed by atoms with Crippen LogP contribution in [0.5, 0.6) is 5.75 Å². The van der Waals surface area contributed by atoms with Crippen molar-refractivity contribution in [1.82, 2.24) is 14.8 Å². The van der Waals surface area contributed by atoms with Gasteiger partial charge in [0.2, 0.25) is 0 Å². The van der Waals surface area contributed by atoms with E-state index < -0.39 is 5.66 Å². The van der Waals surface area contributed by atoms with Gasteiger partial charge in [0.25, 0.3) is 11.8 Å². The SMILES string of the molecule is COc1ccc(C23Cc4ncccc4C(=O)N2CCN3C(=O)c2ccc(C)cc2)cc1. The summed E-state index contributed by atoms with van der Waals surface area (Å²) < 4.78 is 5.32. The Kier molecular flexibility index (Phi) is 4.50. The molecule has 0 spiro atoms. The van der Waals surface area contributed by atoms with E-state index in [9.17, 15) is 9.59 Å². The third-order valence-electron chi connectivity index (χ3n) is 6.32. The molecule has 1 atom stereocenters. The number of hydrogen-bond donors (Lipinski definition) is 0. The monoisotopic (exact) mass is 413 g/mol. The molecular formula is C25H23N3O3. The van der Waals surface area contributed by atoms with E-state index in [4.69, 9.17) is 4.74 Å². The van der Waals surface area contributed by atoms with Crippen LogP contribution in [-0.2, 0) is 12.1 Å². The van der Waals surface area contributed by atoms with Crippen LogP contribution >= 0.6 is 0 Å². The fourth-order valence-electron chi connectivity index (χ4n) is 4.72. The molecule has 1 unspecified atom stereocenters. The number of pyridine rings is 1. The summed E-state index contributed by atoms with van der Waals surface area (Å²) in [6.45, 7) is 2.92. The predicted octanol–water partition coefficient (Wildman–Crippen LogP) is 3.41. The van der Waals surface area contributed by atoms with E-state index in [0.717, 1.165) is 16.9 Å². The molecule has 2 aliphatic heterocycles. The van der Waals surface area contributed by atoms with Crippen molar-refractivity contribution in [2.45, 2.75) is 19.0 Å². The first kappa shape index (κ1) is 19.3. The number of amides is 2. The van der Waals surface area contributed by atoms with Gasteiger partial charge in [0, 0.05) is 31.3 Å². The number of hydrogen-bond acceptors (Lipinski definition) is 4. The molecule has 3 aromatic rings. The molecule has 0 bridgehead atoms. The van der Waals surface area contributed by atoms with Crippen molar-refractivity contribution in [3.8, 4) is 5.75 Å². The molecular weight excluding hydrogens is 390 g/mol. The van der Waals surface area contributed by atoms with Gasteiger partial charge in [-0.25, -0.2) is 0 Å². The van der Waals surface area contributed by atoms with Crippen molar-refractivity contribution in [2.24, 2.45) is 0 Å². The van der Waals surface area contributed by atoms with E-state index in [1.807, 2.05) is 71.3 Å². The van der Waals surface area contributed by atoms with Crippen molar-refractivity contribution in [3.63, 3.8) is 0 Å². The topological polar surface area (TPSA) is 62.7 Å². The van der Waals surface area contributed by atoms with Crippen LogP contribution in [0.4, 0.5) is 0 Å². The van der Waals surface area contributed by atoms with Gasteiger partial charge in [0.1, 0.15) is 11.4 Å². The highest BCUT2D eigenvalue weighted by molar-refractivity contribution is 6.00. The zero-order chi connectivity index (χ0) is 21.6. The lowest BCUT2D eigenvalue weighted by Crippen LogP contribution is -2.58. The van der Waals surface area contributed by atoms with Crippen molar-refractivity contribution in [2.75, 3.05) is 20.2 Å². The Labute approximate surface area is 181 Å². The normalized spacial score (nSPS) is 19.7. The number of nitrogens with zero attached hydrogens (tertiary/aromatic N) is 3. The largest absolute Gasteiger partial charge is 0.497 e. The van der Waals surface area contributed by atoms with Gasteiger partial charge in [-0.1, -0.05) is 29.8 Å². The minimum Gasteiger partial charge on any atom is -0.497 e. The Morgan fingerprint density at radius 1 is 1.03 bits per heavy atom. The Balaban J connectivity index is 1.67. The number of ether oxygens (including phenoxy) is 1. The molecule has 0 aliphatic carbocycles. The van der Waals surface area contributed by atoms with Gasteiger partial charge in [0.15, 0.2) is 0 Å². The second kappa shape index (κ2) is 7.23. The molecule has 6 heteroatoms. The summed E-state index contributed by atoms with van der Waals surface area (Å²) in [7, 11) is 1.62. The van der Waals surface area contributed by atoms with Gasteiger partial charge in [0.05, 0.1) is 18.4 Å². The molecule has 0 radical (unpaired) electrons. The smallest absolute Gasteiger partial charge is 0.257 e. The van der Waals surface area contributed by atoms with Crippen LogP contribution in [0.25, 0.3) is 0 Å². The fraction of sp³-hybridized carbons (Fsp3) is 0.240. The van der Waals surface area contributed by atoms with Gasteiger partial charge >= 0.3 is 0 Å². The van der Waals surface area contributed by atoms with Crippen LogP contribution < -0.4 is 4.74 Å². The summed E-state index contributed by atoms with van der Waals surface area (Å²) >= 11 is 0. The lowest BCUT2D eigenvalue weighted by Gasteiger charge is -2.47. The quantitative estimate of drug-likeness (QED) is 0.660. The van der Waals surface area contributed by atoms with Gasteiger partial charge < -0.3 is 14.5 Å². The second-order valence-electron chi connectivity index (χ2n) is 8.00. The first-order valence-electron chi connectivity index (χ1n) is 10.3. The van der Waals surface area contributed by atoms with E-state index in [0.29, 0.717) is 36.3 Å². The summed E-state index contributed by atoms with van der Waals surface area (Å²) in [5, 5.41) is 0. The number of rotatable bonds is 3. The summed E-state index contributed by atoms with van der Waals surface area (Å²) in [5.41, 5.74) is 2.97. The lowest BCUT2D eigenvalue weighted by molar-refractivity contribution is 0.00703. The van der Waals surface area contributed by atoms with E-state index in [1.165, 1.54) is 0 Å². The highest BCUT2D eigenvalue weighted by atomic mass is 16.5. The predicted molar refractivity (Wildman–Crippen MR) is 116 cm³/mol. The minimum atomic E-state index is -0.924. The molecule has 2 amide bonds. The van der Waals surface area contributed by atoms with Gasteiger partial charge in [-0.05, 0) is 48.9 Å². The summed E-state index contributed by atoms with van der Waals surface area (Å²) in [4.78, 5) is 35.3. The zero-order valence-corrected chi connectivity index (χ0v) is 17.5. The number of methoxy groups -OCH3 is 1. The van der Waals surface area contributed by atoms with Crippen molar-refractivity contribution in [1.29, 1.82) is 0 Å². The van der Waals surface area contributed by atoms with Crippen LogP contribution in [0.2, 0.25) is 0 Å². The molecule has 2 aliphatic rings.